The van der Waals surface area contributed by atoms with E-state index in [1.54, 1.807) is 0 Å². The molecule has 0 aliphatic carbocycles. The third-order valence-electron chi connectivity index (χ3n) is 3.16. The highest BCUT2D eigenvalue weighted by Gasteiger charge is 2.19. The number of rotatable bonds is 5. The molecule has 0 bridgehead atoms. The van der Waals surface area contributed by atoms with Crippen molar-refractivity contribution in [2.24, 2.45) is 0 Å². The molecule has 0 radical (unpaired) electrons. The highest BCUT2D eigenvalue weighted by molar-refractivity contribution is 5.01. The first-order chi connectivity index (χ1) is 7.88. The van der Waals surface area contributed by atoms with Gasteiger partial charge in [0.05, 0.1) is 0 Å². The molecule has 100 valence electrons. The Hall–Kier alpha value is -0.380. The quantitative estimate of drug-likeness (QED) is 0.744. The Bertz CT molecular complexity index is 239. The summed E-state index contributed by atoms with van der Waals surface area (Å²) in [5, 5.41) is 3.48. The first-order valence-electron chi connectivity index (χ1n) is 6.58. The molecule has 0 atom stereocenters. The lowest BCUT2D eigenvalue weighted by atomic mass is 10.1. The van der Waals surface area contributed by atoms with E-state index in [1.807, 2.05) is 0 Å². The Balaban J connectivity index is 2.25. The van der Waals surface area contributed by atoms with Crippen molar-refractivity contribution in [3.8, 4) is 0 Å². The SMILES string of the molecule is C=C(CNC(C)(C)C)CN(C)C1CCOCC1. The molecule has 1 aliphatic rings. The van der Waals surface area contributed by atoms with Crippen molar-refractivity contribution in [1.82, 2.24) is 10.2 Å². The molecular formula is C14H28N2O. The van der Waals surface area contributed by atoms with Crippen molar-refractivity contribution in [2.75, 3.05) is 33.4 Å². The number of nitrogens with zero attached hydrogens (tertiary/aromatic N) is 1. The van der Waals surface area contributed by atoms with Crippen molar-refractivity contribution in [1.29, 1.82) is 0 Å². The maximum atomic E-state index is 5.39. The second kappa shape index (κ2) is 6.53. The van der Waals surface area contributed by atoms with Gasteiger partial charge in [-0.15, -0.1) is 0 Å². The van der Waals surface area contributed by atoms with E-state index in [0.717, 1.165) is 39.1 Å². The minimum absolute atomic E-state index is 0.167. The molecule has 1 heterocycles. The summed E-state index contributed by atoms with van der Waals surface area (Å²) < 4.78 is 5.39. The van der Waals surface area contributed by atoms with Crippen LogP contribution >= 0.6 is 0 Å². The molecule has 0 amide bonds. The highest BCUT2D eigenvalue weighted by Crippen LogP contribution is 2.13. The topological polar surface area (TPSA) is 24.5 Å². The number of ether oxygens (including phenoxy) is 1. The molecule has 3 heteroatoms. The molecule has 0 aromatic heterocycles. The van der Waals surface area contributed by atoms with E-state index in [2.05, 4.69) is 44.6 Å². The van der Waals surface area contributed by atoms with E-state index in [-0.39, 0.29) is 5.54 Å². The zero-order chi connectivity index (χ0) is 12.9. The molecule has 0 saturated carbocycles. The molecule has 1 N–H and O–H groups in total. The van der Waals surface area contributed by atoms with Crippen LogP contribution in [0.5, 0.6) is 0 Å². The lowest BCUT2D eigenvalue weighted by Gasteiger charge is -2.32. The van der Waals surface area contributed by atoms with Crippen molar-refractivity contribution in [3.05, 3.63) is 12.2 Å². The fourth-order valence-corrected chi connectivity index (χ4v) is 2.05. The Morgan fingerprint density at radius 2 is 1.94 bits per heavy atom. The summed E-state index contributed by atoms with van der Waals surface area (Å²) in [6, 6.07) is 0.662. The van der Waals surface area contributed by atoms with Gasteiger partial charge in [-0.25, -0.2) is 0 Å². The predicted molar refractivity (Wildman–Crippen MR) is 73.4 cm³/mol. The van der Waals surface area contributed by atoms with Gasteiger partial charge in [-0.3, -0.25) is 4.90 Å². The average Bonchev–Trinajstić information content (AvgIpc) is 2.27. The van der Waals surface area contributed by atoms with Crippen LogP contribution in [0.4, 0.5) is 0 Å². The van der Waals surface area contributed by atoms with Crippen LogP contribution in [-0.2, 0) is 4.74 Å². The van der Waals surface area contributed by atoms with Crippen molar-refractivity contribution in [2.45, 2.75) is 45.2 Å². The van der Waals surface area contributed by atoms with E-state index in [0.29, 0.717) is 6.04 Å². The van der Waals surface area contributed by atoms with Crippen LogP contribution in [0.3, 0.4) is 0 Å². The molecule has 1 saturated heterocycles. The fourth-order valence-electron chi connectivity index (χ4n) is 2.05. The van der Waals surface area contributed by atoms with Crippen molar-refractivity contribution >= 4 is 0 Å². The summed E-state index contributed by atoms with van der Waals surface area (Å²) in [5.41, 5.74) is 1.43. The van der Waals surface area contributed by atoms with E-state index >= 15 is 0 Å². The van der Waals surface area contributed by atoms with Crippen LogP contribution < -0.4 is 5.32 Å². The Kier molecular flexibility index (Phi) is 5.63. The van der Waals surface area contributed by atoms with Gasteiger partial charge in [0.1, 0.15) is 0 Å². The first kappa shape index (κ1) is 14.7. The van der Waals surface area contributed by atoms with E-state index in [1.165, 1.54) is 5.57 Å². The summed E-state index contributed by atoms with van der Waals surface area (Å²) in [5.74, 6) is 0. The molecule has 1 rings (SSSR count). The zero-order valence-corrected chi connectivity index (χ0v) is 11.9. The first-order valence-corrected chi connectivity index (χ1v) is 6.58. The summed E-state index contributed by atoms with van der Waals surface area (Å²) in [6.07, 6.45) is 2.30. The Morgan fingerprint density at radius 3 is 2.47 bits per heavy atom. The van der Waals surface area contributed by atoms with Gasteiger partial charge in [0.15, 0.2) is 0 Å². The molecule has 1 fully saturated rings. The van der Waals surface area contributed by atoms with Crippen LogP contribution in [0.1, 0.15) is 33.6 Å². The normalized spacial score (nSPS) is 18.6. The van der Waals surface area contributed by atoms with Crippen LogP contribution in [0.2, 0.25) is 0 Å². The maximum Gasteiger partial charge on any atom is 0.0480 e. The maximum absolute atomic E-state index is 5.39. The van der Waals surface area contributed by atoms with Gasteiger partial charge in [-0.05, 0) is 46.2 Å². The van der Waals surface area contributed by atoms with Gasteiger partial charge >= 0.3 is 0 Å². The van der Waals surface area contributed by atoms with Crippen molar-refractivity contribution < 1.29 is 4.74 Å². The fraction of sp³-hybridized carbons (Fsp3) is 0.857. The van der Waals surface area contributed by atoms with Gasteiger partial charge in [0, 0.05) is 37.9 Å². The number of nitrogens with one attached hydrogen (secondary N) is 1. The Labute approximate surface area is 106 Å². The van der Waals surface area contributed by atoms with Crippen LogP contribution in [0.15, 0.2) is 12.2 Å². The van der Waals surface area contributed by atoms with Gasteiger partial charge < -0.3 is 10.1 Å². The molecule has 0 aromatic rings. The lowest BCUT2D eigenvalue weighted by Crippen LogP contribution is -2.41. The monoisotopic (exact) mass is 240 g/mol. The van der Waals surface area contributed by atoms with Crippen LogP contribution in [0.25, 0.3) is 0 Å². The smallest absolute Gasteiger partial charge is 0.0480 e. The summed E-state index contributed by atoms with van der Waals surface area (Å²) in [6.45, 7) is 14.4. The third-order valence-corrected chi connectivity index (χ3v) is 3.16. The van der Waals surface area contributed by atoms with Crippen molar-refractivity contribution in [3.63, 3.8) is 0 Å². The summed E-state index contributed by atoms with van der Waals surface area (Å²) in [4.78, 5) is 2.41. The molecule has 17 heavy (non-hydrogen) atoms. The molecule has 1 aliphatic heterocycles. The molecule has 0 spiro atoms. The molecule has 0 unspecified atom stereocenters. The second-order valence-corrected chi connectivity index (χ2v) is 6.11. The highest BCUT2D eigenvalue weighted by atomic mass is 16.5. The zero-order valence-electron chi connectivity index (χ0n) is 11.9. The molecular weight excluding hydrogens is 212 g/mol. The second-order valence-electron chi connectivity index (χ2n) is 6.11. The number of likely N-dealkylation sites (N-methyl/N-ethyl adjacent to an activating group) is 1. The van der Waals surface area contributed by atoms with Gasteiger partial charge in [0.2, 0.25) is 0 Å². The number of hydrogen-bond acceptors (Lipinski definition) is 3. The van der Waals surface area contributed by atoms with Gasteiger partial charge in [0.25, 0.3) is 0 Å². The lowest BCUT2D eigenvalue weighted by molar-refractivity contribution is 0.0457. The van der Waals surface area contributed by atoms with Crippen LogP contribution in [-0.4, -0.2) is 49.8 Å². The summed E-state index contributed by atoms with van der Waals surface area (Å²) in [7, 11) is 2.19. The minimum atomic E-state index is 0.167. The number of hydrogen-bond donors (Lipinski definition) is 1. The predicted octanol–water partition coefficient (Wildman–Crippen LogP) is 2.04. The van der Waals surface area contributed by atoms with E-state index in [9.17, 15) is 0 Å². The standard InChI is InChI=1S/C14H28N2O/c1-12(10-15-14(2,3)4)11-16(5)13-6-8-17-9-7-13/h13,15H,1,6-11H2,2-5H3. The van der Waals surface area contributed by atoms with Crippen LogP contribution in [0, 0.1) is 0 Å². The molecule has 0 aromatic carbocycles. The molecule has 3 nitrogen and oxygen atoms in total. The largest absolute Gasteiger partial charge is 0.381 e. The van der Waals surface area contributed by atoms with E-state index < -0.39 is 0 Å². The average molecular weight is 240 g/mol. The van der Waals surface area contributed by atoms with E-state index in [4.69, 9.17) is 4.74 Å². The summed E-state index contributed by atoms with van der Waals surface area (Å²) >= 11 is 0. The Morgan fingerprint density at radius 1 is 1.35 bits per heavy atom. The van der Waals surface area contributed by atoms with Gasteiger partial charge in [-0.2, -0.15) is 0 Å². The van der Waals surface area contributed by atoms with Gasteiger partial charge in [-0.1, -0.05) is 6.58 Å². The minimum Gasteiger partial charge on any atom is -0.381 e. The third kappa shape index (κ3) is 6.20.